The Morgan fingerprint density at radius 1 is 0.939 bits per heavy atom. The van der Waals surface area contributed by atoms with Gasteiger partial charge >= 0.3 is 0 Å². The summed E-state index contributed by atoms with van der Waals surface area (Å²) in [6.45, 7) is 4.33. The Morgan fingerprint density at radius 2 is 1.67 bits per heavy atom. The Morgan fingerprint density at radius 3 is 2.36 bits per heavy atom. The minimum Gasteiger partial charge on any atom is -0.351 e. The quantitative estimate of drug-likeness (QED) is 0.259. The number of aryl methyl sites for hydroxylation is 1. The van der Waals surface area contributed by atoms with E-state index in [0.717, 1.165) is 26.0 Å². The summed E-state index contributed by atoms with van der Waals surface area (Å²) in [4.78, 5) is 6.89. The molecule has 4 nitrogen and oxygen atoms in total. The molecule has 5 rings (SSSR count). The van der Waals surface area contributed by atoms with Gasteiger partial charge in [0, 0.05) is 32.2 Å². The van der Waals surface area contributed by atoms with Crippen molar-refractivity contribution in [1.29, 1.82) is 0 Å². The lowest BCUT2D eigenvalue weighted by Gasteiger charge is -2.28. The van der Waals surface area contributed by atoms with Crippen molar-refractivity contribution < 1.29 is 0 Å². The number of rotatable bonds is 4. The first kappa shape index (κ1) is 22.3. The molecule has 7 heteroatoms. The van der Waals surface area contributed by atoms with Crippen molar-refractivity contribution >= 4 is 54.9 Å². The molecule has 1 saturated heterocycles. The van der Waals surface area contributed by atoms with Crippen molar-refractivity contribution in [3.63, 3.8) is 0 Å². The molecule has 2 aromatic carbocycles. The molecule has 3 heterocycles. The summed E-state index contributed by atoms with van der Waals surface area (Å²) >= 11 is 13.1. The van der Waals surface area contributed by atoms with Gasteiger partial charge in [-0.25, -0.2) is 0 Å². The van der Waals surface area contributed by atoms with E-state index in [4.69, 9.17) is 12.2 Å². The fourth-order valence-corrected chi connectivity index (χ4v) is 5.71. The molecule has 1 aliphatic heterocycles. The summed E-state index contributed by atoms with van der Waals surface area (Å²) in [5.41, 5.74) is 6.70. The van der Waals surface area contributed by atoms with Gasteiger partial charge in [0.1, 0.15) is 0 Å². The zero-order valence-corrected chi connectivity index (χ0v) is 22.2. The van der Waals surface area contributed by atoms with Crippen molar-refractivity contribution in [3.05, 3.63) is 111 Å². The van der Waals surface area contributed by atoms with Crippen LogP contribution in [0.5, 0.6) is 0 Å². The highest BCUT2D eigenvalue weighted by molar-refractivity contribution is 9.10. The molecule has 2 atom stereocenters. The molecule has 0 amide bonds. The summed E-state index contributed by atoms with van der Waals surface area (Å²) in [5, 5.41) is 4.25. The number of halogens is 2. The summed E-state index contributed by atoms with van der Waals surface area (Å²) < 4.78 is 4.40. The van der Waals surface area contributed by atoms with Gasteiger partial charge in [-0.15, -0.1) is 0 Å². The van der Waals surface area contributed by atoms with Crippen molar-refractivity contribution in [2.24, 2.45) is 0 Å². The summed E-state index contributed by atoms with van der Waals surface area (Å²) in [6.07, 6.45) is 1.84. The highest BCUT2D eigenvalue weighted by Crippen LogP contribution is 2.44. The largest absolute Gasteiger partial charge is 0.351 e. The highest BCUT2D eigenvalue weighted by Gasteiger charge is 2.42. The number of hydrogen-bond acceptors (Lipinski definition) is 2. The monoisotopic (exact) mass is 580 g/mol. The molecule has 166 valence electrons. The van der Waals surface area contributed by atoms with E-state index in [1.54, 1.807) is 0 Å². The molecule has 0 unspecified atom stereocenters. The van der Waals surface area contributed by atoms with E-state index in [2.05, 4.69) is 108 Å². The third kappa shape index (κ3) is 4.03. The molecule has 33 heavy (non-hydrogen) atoms. The van der Waals surface area contributed by atoms with Crippen LogP contribution in [0.3, 0.4) is 0 Å². The first-order valence-electron chi connectivity index (χ1n) is 10.7. The normalized spacial score (nSPS) is 17.9. The lowest BCUT2D eigenvalue weighted by molar-refractivity contribution is 0.565. The Kier molecular flexibility index (Phi) is 6.12. The first-order chi connectivity index (χ1) is 16.0. The molecule has 0 bridgehead atoms. The van der Waals surface area contributed by atoms with Gasteiger partial charge in [-0.2, -0.15) is 0 Å². The predicted molar refractivity (Wildman–Crippen MR) is 145 cm³/mol. The van der Waals surface area contributed by atoms with Crippen LogP contribution in [0.15, 0.2) is 87.9 Å². The zero-order valence-electron chi connectivity index (χ0n) is 18.2. The molecule has 1 fully saturated rings. The maximum absolute atomic E-state index is 5.87. The number of aromatic nitrogens is 2. The third-order valence-electron chi connectivity index (χ3n) is 6.09. The van der Waals surface area contributed by atoms with E-state index in [1.165, 1.54) is 17.0 Å². The Labute approximate surface area is 215 Å². The second-order valence-corrected chi connectivity index (χ2v) is 10.2. The number of para-hydroxylation sites is 1. The van der Waals surface area contributed by atoms with Gasteiger partial charge in [-0.3, -0.25) is 4.98 Å². The number of benzene rings is 2. The average molecular weight is 582 g/mol. The van der Waals surface area contributed by atoms with Crippen LogP contribution in [-0.2, 0) is 0 Å². The molecule has 1 N–H and O–H groups in total. The maximum atomic E-state index is 5.87. The summed E-state index contributed by atoms with van der Waals surface area (Å²) in [6, 6.07) is 24.8. The molecule has 4 aromatic rings. The second-order valence-electron chi connectivity index (χ2n) is 8.09. The Hall–Kier alpha value is -2.48. The minimum atomic E-state index is -0.0736. The number of thiocarbonyl (C=S) groups is 1. The third-order valence-corrected chi connectivity index (χ3v) is 7.60. The second kappa shape index (κ2) is 9.05. The summed E-state index contributed by atoms with van der Waals surface area (Å²) in [7, 11) is 0. The first-order valence-corrected chi connectivity index (χ1v) is 12.6. The molecular formula is C26H22Br2N4S. The number of anilines is 1. The van der Waals surface area contributed by atoms with Crippen LogP contribution >= 0.6 is 44.1 Å². The van der Waals surface area contributed by atoms with Crippen LogP contribution in [-0.4, -0.2) is 14.7 Å². The number of nitrogens with zero attached hydrogens (tertiary/aromatic N) is 3. The molecule has 0 aliphatic carbocycles. The molecule has 0 spiro atoms. The summed E-state index contributed by atoms with van der Waals surface area (Å²) in [5.74, 6) is 0. The van der Waals surface area contributed by atoms with Crippen LogP contribution in [0, 0.1) is 13.8 Å². The number of nitrogens with one attached hydrogen (secondary N) is 1. The van der Waals surface area contributed by atoms with E-state index in [9.17, 15) is 0 Å². The highest BCUT2D eigenvalue weighted by atomic mass is 79.9. The van der Waals surface area contributed by atoms with Gasteiger partial charge in [0.15, 0.2) is 5.11 Å². The molecular weight excluding hydrogens is 560 g/mol. The van der Waals surface area contributed by atoms with Crippen molar-refractivity contribution in [3.8, 4) is 5.69 Å². The topological polar surface area (TPSA) is 33.1 Å². The molecule has 0 radical (unpaired) electrons. The van der Waals surface area contributed by atoms with Crippen LogP contribution in [0.25, 0.3) is 5.69 Å². The fourth-order valence-electron chi connectivity index (χ4n) is 4.64. The van der Waals surface area contributed by atoms with E-state index < -0.39 is 0 Å². The van der Waals surface area contributed by atoms with E-state index >= 15 is 0 Å². The lowest BCUT2D eigenvalue weighted by Crippen LogP contribution is -2.29. The van der Waals surface area contributed by atoms with E-state index in [1.807, 2.05) is 36.5 Å². The van der Waals surface area contributed by atoms with Gasteiger partial charge < -0.3 is 14.8 Å². The molecule has 2 aromatic heterocycles. The van der Waals surface area contributed by atoms with Crippen molar-refractivity contribution in [2.75, 3.05) is 4.90 Å². The zero-order chi connectivity index (χ0) is 23.1. The van der Waals surface area contributed by atoms with Crippen LogP contribution in [0.1, 0.15) is 34.7 Å². The van der Waals surface area contributed by atoms with Gasteiger partial charge in [-0.05, 0) is 102 Å². The van der Waals surface area contributed by atoms with Crippen molar-refractivity contribution in [1.82, 2.24) is 14.9 Å². The fraction of sp³-hybridized carbons (Fsp3) is 0.154. The average Bonchev–Trinajstić information content (AvgIpc) is 3.31. The smallest absolute Gasteiger partial charge is 0.174 e. The predicted octanol–water partition coefficient (Wildman–Crippen LogP) is 7.19. The van der Waals surface area contributed by atoms with Crippen molar-refractivity contribution in [2.45, 2.75) is 25.9 Å². The Balaban J connectivity index is 1.69. The van der Waals surface area contributed by atoms with Gasteiger partial charge in [0.2, 0.25) is 0 Å². The molecule has 0 saturated carbocycles. The van der Waals surface area contributed by atoms with Crippen LogP contribution in [0.4, 0.5) is 5.69 Å². The lowest BCUT2D eigenvalue weighted by atomic mass is 9.96. The standard InChI is InChI=1S/C26H22Br2N4S/c1-16-15-20(17(2)31(16)23-9-4-3-7-21(23)28)25-24(22-8-5-6-14-29-22)30-26(33)32(25)19-12-10-18(27)11-13-19/h3-15,24-25H,1-2H3,(H,30,33)/t24-,25-/m1/s1. The SMILES string of the molecule is Cc1cc([C@@H]2[C@@H](c3ccccn3)NC(=S)N2c2ccc(Br)cc2)c(C)n1-c1ccccc1Br. The van der Waals surface area contributed by atoms with E-state index in [-0.39, 0.29) is 12.1 Å². The number of hydrogen-bond donors (Lipinski definition) is 1. The van der Waals surface area contributed by atoms with E-state index in [0.29, 0.717) is 5.11 Å². The van der Waals surface area contributed by atoms with Crippen LogP contribution in [0.2, 0.25) is 0 Å². The van der Waals surface area contributed by atoms with Gasteiger partial charge in [0.25, 0.3) is 0 Å². The Bertz CT molecular complexity index is 1320. The maximum Gasteiger partial charge on any atom is 0.174 e. The number of pyridine rings is 1. The minimum absolute atomic E-state index is 0.0454. The van der Waals surface area contributed by atoms with Crippen LogP contribution < -0.4 is 10.2 Å². The van der Waals surface area contributed by atoms with Gasteiger partial charge in [-0.1, -0.05) is 34.1 Å². The van der Waals surface area contributed by atoms with Gasteiger partial charge in [0.05, 0.1) is 23.5 Å². The molecule has 1 aliphatic rings.